The zero-order valence-corrected chi connectivity index (χ0v) is 11.2. The van der Waals surface area contributed by atoms with E-state index in [4.69, 9.17) is 16.7 Å². The molecular weight excluding hydrogens is 272 g/mol. The number of carbonyl (C=O) groups is 1. The van der Waals surface area contributed by atoms with Gasteiger partial charge in [-0.25, -0.2) is 4.98 Å². The molecule has 2 aromatic rings. The number of thiazole rings is 1. The molecule has 0 aliphatic heterocycles. The van der Waals surface area contributed by atoms with Crippen LogP contribution in [0.5, 0.6) is 0 Å². The molecule has 0 aliphatic carbocycles. The van der Waals surface area contributed by atoms with E-state index < -0.39 is 5.97 Å². The normalized spacial score (nSPS) is 10.3. The van der Waals surface area contributed by atoms with Gasteiger partial charge in [0.05, 0.1) is 12.1 Å². The number of rotatable bonds is 4. The van der Waals surface area contributed by atoms with Gasteiger partial charge in [0.1, 0.15) is 0 Å². The molecular formula is C12H11ClN2O2S. The van der Waals surface area contributed by atoms with Gasteiger partial charge in [0, 0.05) is 16.1 Å². The summed E-state index contributed by atoms with van der Waals surface area (Å²) in [5.74, 6) is -0.880. The molecule has 2 rings (SSSR count). The minimum absolute atomic E-state index is 0.0578. The number of hydrogen-bond donors (Lipinski definition) is 2. The average Bonchev–Trinajstić information content (AvgIpc) is 2.69. The molecule has 1 aromatic carbocycles. The molecule has 0 bridgehead atoms. The second kappa shape index (κ2) is 5.37. The number of nitrogens with one attached hydrogen (secondary N) is 1. The van der Waals surface area contributed by atoms with Crippen molar-refractivity contribution in [3.63, 3.8) is 0 Å². The summed E-state index contributed by atoms with van der Waals surface area (Å²) in [5.41, 5.74) is 2.48. The van der Waals surface area contributed by atoms with Gasteiger partial charge < -0.3 is 10.4 Å². The molecule has 0 amide bonds. The molecule has 0 spiro atoms. The molecule has 4 nitrogen and oxygen atoms in total. The first-order valence-corrected chi connectivity index (χ1v) is 6.50. The van der Waals surface area contributed by atoms with E-state index in [9.17, 15) is 4.79 Å². The smallest absolute Gasteiger partial charge is 0.309 e. The van der Waals surface area contributed by atoms with E-state index in [1.165, 1.54) is 11.3 Å². The van der Waals surface area contributed by atoms with Crippen molar-refractivity contribution in [2.24, 2.45) is 0 Å². The fraction of sp³-hybridized carbons (Fsp3) is 0.167. The summed E-state index contributed by atoms with van der Waals surface area (Å²) in [6, 6.07) is 5.52. The maximum atomic E-state index is 10.6. The standard InChI is InChI=1S/C12H11ClN2O2S/c1-7-4-8(13)2-3-10(7)15-12-14-9(6-18-12)5-11(16)17/h2-4,6H,5H2,1H3,(H,14,15)(H,16,17). The van der Waals surface area contributed by atoms with Gasteiger partial charge in [0.15, 0.2) is 5.13 Å². The SMILES string of the molecule is Cc1cc(Cl)ccc1Nc1nc(CC(=O)O)cs1. The molecule has 0 radical (unpaired) electrons. The van der Waals surface area contributed by atoms with Crippen LogP contribution in [0.3, 0.4) is 0 Å². The van der Waals surface area contributed by atoms with E-state index in [1.54, 1.807) is 11.4 Å². The van der Waals surface area contributed by atoms with Crippen LogP contribution in [0.15, 0.2) is 23.6 Å². The van der Waals surface area contributed by atoms with E-state index in [1.807, 2.05) is 19.1 Å². The fourth-order valence-electron chi connectivity index (χ4n) is 1.48. The third kappa shape index (κ3) is 3.21. The number of hydrogen-bond acceptors (Lipinski definition) is 4. The Hall–Kier alpha value is -1.59. The lowest BCUT2D eigenvalue weighted by Gasteiger charge is -2.06. The molecule has 6 heteroatoms. The number of aromatic nitrogens is 1. The van der Waals surface area contributed by atoms with Crippen molar-refractivity contribution in [1.82, 2.24) is 4.98 Å². The lowest BCUT2D eigenvalue weighted by molar-refractivity contribution is -0.136. The van der Waals surface area contributed by atoms with Crippen molar-refractivity contribution in [3.8, 4) is 0 Å². The Bertz CT molecular complexity index is 583. The molecule has 0 saturated carbocycles. The van der Waals surface area contributed by atoms with Crippen LogP contribution >= 0.6 is 22.9 Å². The van der Waals surface area contributed by atoms with Crippen molar-refractivity contribution in [3.05, 3.63) is 39.9 Å². The first-order valence-electron chi connectivity index (χ1n) is 5.24. The maximum absolute atomic E-state index is 10.6. The largest absolute Gasteiger partial charge is 0.481 e. The molecule has 1 heterocycles. The van der Waals surface area contributed by atoms with Crippen LogP contribution in [-0.2, 0) is 11.2 Å². The number of aryl methyl sites for hydroxylation is 1. The van der Waals surface area contributed by atoms with Gasteiger partial charge in [-0.05, 0) is 30.7 Å². The summed E-state index contributed by atoms with van der Waals surface area (Å²) in [5, 5.41) is 14.9. The van der Waals surface area contributed by atoms with E-state index in [2.05, 4.69) is 10.3 Å². The molecule has 94 valence electrons. The highest BCUT2D eigenvalue weighted by atomic mass is 35.5. The lowest BCUT2D eigenvalue weighted by atomic mass is 10.2. The Balaban J connectivity index is 2.13. The third-order valence-electron chi connectivity index (χ3n) is 2.31. The summed E-state index contributed by atoms with van der Waals surface area (Å²) >= 11 is 7.26. The monoisotopic (exact) mass is 282 g/mol. The predicted octanol–water partition coefficient (Wildman–Crippen LogP) is 3.48. The lowest BCUT2D eigenvalue weighted by Crippen LogP contribution is -2.00. The van der Waals surface area contributed by atoms with Gasteiger partial charge in [-0.2, -0.15) is 0 Å². The van der Waals surface area contributed by atoms with E-state index in [0.29, 0.717) is 15.8 Å². The molecule has 0 aliphatic rings. The van der Waals surface area contributed by atoms with Crippen molar-refractivity contribution in [2.75, 3.05) is 5.32 Å². The Morgan fingerprint density at radius 3 is 3.00 bits per heavy atom. The summed E-state index contributed by atoms with van der Waals surface area (Å²) < 4.78 is 0. The van der Waals surface area contributed by atoms with Crippen LogP contribution in [0.4, 0.5) is 10.8 Å². The zero-order valence-electron chi connectivity index (χ0n) is 9.61. The molecule has 0 atom stereocenters. The highest BCUT2D eigenvalue weighted by molar-refractivity contribution is 7.13. The van der Waals surface area contributed by atoms with Gasteiger partial charge in [0.2, 0.25) is 0 Å². The molecule has 1 aromatic heterocycles. The summed E-state index contributed by atoms with van der Waals surface area (Å²) in [4.78, 5) is 14.8. The fourth-order valence-corrected chi connectivity index (χ4v) is 2.43. The van der Waals surface area contributed by atoms with Crippen LogP contribution in [0.1, 0.15) is 11.3 Å². The van der Waals surface area contributed by atoms with E-state index in [0.717, 1.165) is 11.3 Å². The number of aliphatic carboxylic acids is 1. The third-order valence-corrected chi connectivity index (χ3v) is 3.36. The van der Waals surface area contributed by atoms with Crippen LogP contribution < -0.4 is 5.32 Å². The summed E-state index contributed by atoms with van der Waals surface area (Å²) in [6.07, 6.45) is -0.0578. The highest BCUT2D eigenvalue weighted by Gasteiger charge is 2.07. The minimum atomic E-state index is -0.880. The number of carboxylic acids is 1. The highest BCUT2D eigenvalue weighted by Crippen LogP contribution is 2.25. The van der Waals surface area contributed by atoms with Gasteiger partial charge >= 0.3 is 5.97 Å². The van der Waals surface area contributed by atoms with Crippen molar-refractivity contribution < 1.29 is 9.90 Å². The Labute approximate surface area is 113 Å². The maximum Gasteiger partial charge on any atom is 0.309 e. The van der Waals surface area contributed by atoms with Crippen molar-refractivity contribution in [2.45, 2.75) is 13.3 Å². The average molecular weight is 283 g/mol. The van der Waals surface area contributed by atoms with Crippen LogP contribution in [0.2, 0.25) is 5.02 Å². The number of halogens is 1. The van der Waals surface area contributed by atoms with Gasteiger partial charge in [-0.3, -0.25) is 4.79 Å². The van der Waals surface area contributed by atoms with Crippen LogP contribution in [0, 0.1) is 6.92 Å². The van der Waals surface area contributed by atoms with Crippen molar-refractivity contribution in [1.29, 1.82) is 0 Å². The zero-order chi connectivity index (χ0) is 13.1. The van der Waals surface area contributed by atoms with Gasteiger partial charge in [-0.15, -0.1) is 11.3 Å². The summed E-state index contributed by atoms with van der Waals surface area (Å²) in [6.45, 7) is 1.94. The molecule has 18 heavy (non-hydrogen) atoms. The quantitative estimate of drug-likeness (QED) is 0.901. The first kappa shape index (κ1) is 12.9. The number of benzene rings is 1. The molecule has 0 fully saturated rings. The molecule has 0 saturated heterocycles. The molecule has 2 N–H and O–H groups in total. The Morgan fingerprint density at radius 1 is 1.56 bits per heavy atom. The number of carboxylic acid groups (broad SMARTS) is 1. The van der Waals surface area contributed by atoms with Crippen LogP contribution in [0.25, 0.3) is 0 Å². The number of nitrogens with zero attached hydrogens (tertiary/aromatic N) is 1. The van der Waals surface area contributed by atoms with E-state index >= 15 is 0 Å². The second-order valence-electron chi connectivity index (χ2n) is 3.80. The van der Waals surface area contributed by atoms with E-state index in [-0.39, 0.29) is 6.42 Å². The predicted molar refractivity (Wildman–Crippen MR) is 72.9 cm³/mol. The number of anilines is 2. The first-order chi connectivity index (χ1) is 8.54. The Morgan fingerprint density at radius 2 is 2.33 bits per heavy atom. The molecule has 0 unspecified atom stereocenters. The second-order valence-corrected chi connectivity index (χ2v) is 5.09. The summed E-state index contributed by atoms with van der Waals surface area (Å²) in [7, 11) is 0. The van der Waals surface area contributed by atoms with Gasteiger partial charge in [0.25, 0.3) is 0 Å². The van der Waals surface area contributed by atoms with Gasteiger partial charge in [-0.1, -0.05) is 11.6 Å². The Kier molecular flexibility index (Phi) is 3.84. The minimum Gasteiger partial charge on any atom is -0.481 e. The topological polar surface area (TPSA) is 62.2 Å². The van der Waals surface area contributed by atoms with Crippen molar-refractivity contribution >= 4 is 39.7 Å². The van der Waals surface area contributed by atoms with Crippen LogP contribution in [-0.4, -0.2) is 16.1 Å².